The zero-order valence-corrected chi connectivity index (χ0v) is 20.5. The number of rotatable bonds is 19. The molecule has 1 rings (SSSR count). The van der Waals surface area contributed by atoms with Gasteiger partial charge in [-0.2, -0.15) is 0 Å². The maximum Gasteiger partial charge on any atom is 0.225 e. The van der Waals surface area contributed by atoms with Gasteiger partial charge in [0.15, 0.2) is 5.75 Å². The van der Waals surface area contributed by atoms with Gasteiger partial charge < -0.3 is 14.4 Å². The quantitative estimate of drug-likeness (QED) is 0.238. The van der Waals surface area contributed by atoms with E-state index in [-0.39, 0.29) is 0 Å². The van der Waals surface area contributed by atoms with E-state index in [0.29, 0.717) is 0 Å². The molecule has 0 aliphatic rings. The Bertz CT molecular complexity index is 549. The van der Waals surface area contributed by atoms with Crippen LogP contribution < -0.4 is 9.64 Å². The summed E-state index contributed by atoms with van der Waals surface area (Å²) in [5.74, 6) is 1.69. The zero-order valence-electron chi connectivity index (χ0n) is 20.5. The monoisotopic (exact) mass is 421 g/mol. The van der Waals surface area contributed by atoms with Crippen LogP contribution >= 0.6 is 0 Å². The van der Waals surface area contributed by atoms with E-state index in [2.05, 4.69) is 18.8 Å². The summed E-state index contributed by atoms with van der Waals surface area (Å²) in [6.45, 7) is 9.05. The standard InChI is InChI=1S/C25H47N3O2/c1-6-8-19-29-20-17-15-13-11-10-12-14-16-18-23-24(30-21-9-7-2)22(3)26-25(27-23)28(4)5/h6-21H2,1-5H3. The smallest absolute Gasteiger partial charge is 0.225 e. The van der Waals surface area contributed by atoms with Gasteiger partial charge >= 0.3 is 0 Å². The van der Waals surface area contributed by atoms with Gasteiger partial charge in [0, 0.05) is 27.3 Å². The summed E-state index contributed by atoms with van der Waals surface area (Å²) in [4.78, 5) is 11.4. The first-order chi connectivity index (χ1) is 14.6. The number of unbranched alkanes of at least 4 members (excludes halogenated alkanes) is 9. The third-order valence-corrected chi connectivity index (χ3v) is 5.33. The van der Waals surface area contributed by atoms with Crippen molar-refractivity contribution in [3.63, 3.8) is 0 Å². The Morgan fingerprint density at radius 1 is 0.700 bits per heavy atom. The van der Waals surface area contributed by atoms with Gasteiger partial charge in [0.25, 0.3) is 0 Å². The van der Waals surface area contributed by atoms with Crippen LogP contribution in [-0.2, 0) is 11.2 Å². The number of aryl methyl sites for hydroxylation is 2. The third kappa shape index (κ3) is 11.7. The highest BCUT2D eigenvalue weighted by Gasteiger charge is 2.14. The first-order valence-electron chi connectivity index (χ1n) is 12.4. The van der Waals surface area contributed by atoms with E-state index in [9.17, 15) is 0 Å². The molecule has 0 radical (unpaired) electrons. The minimum Gasteiger partial charge on any atom is -0.490 e. The van der Waals surface area contributed by atoms with Crippen molar-refractivity contribution >= 4 is 5.95 Å². The Labute approximate surface area is 186 Å². The molecule has 0 N–H and O–H groups in total. The summed E-state index contributed by atoms with van der Waals surface area (Å²) in [5, 5.41) is 0. The van der Waals surface area contributed by atoms with E-state index in [4.69, 9.17) is 14.5 Å². The highest BCUT2D eigenvalue weighted by Crippen LogP contribution is 2.25. The number of anilines is 1. The third-order valence-electron chi connectivity index (χ3n) is 5.33. The number of aromatic nitrogens is 2. The fraction of sp³-hybridized carbons (Fsp3) is 0.840. The Balaban J connectivity index is 2.26. The molecule has 1 aromatic rings. The van der Waals surface area contributed by atoms with Gasteiger partial charge in [0.2, 0.25) is 5.95 Å². The van der Waals surface area contributed by atoms with Crippen LogP contribution in [0.1, 0.15) is 102 Å². The van der Waals surface area contributed by atoms with Crippen molar-refractivity contribution in [2.75, 3.05) is 38.8 Å². The largest absolute Gasteiger partial charge is 0.490 e. The SMILES string of the molecule is CCCCOCCCCCCCCCCc1nc(N(C)C)nc(C)c1OCCCC. The Kier molecular flexibility index (Phi) is 15.4. The average molecular weight is 422 g/mol. The summed E-state index contributed by atoms with van der Waals surface area (Å²) in [7, 11) is 3.99. The molecular formula is C25H47N3O2. The lowest BCUT2D eigenvalue weighted by atomic mass is 10.1. The second-order valence-electron chi connectivity index (χ2n) is 8.53. The summed E-state index contributed by atoms with van der Waals surface area (Å²) in [6.07, 6.45) is 15.9. The van der Waals surface area contributed by atoms with Crippen molar-refractivity contribution in [3.8, 4) is 5.75 Å². The second kappa shape index (κ2) is 17.3. The lowest BCUT2D eigenvalue weighted by Gasteiger charge is -2.17. The van der Waals surface area contributed by atoms with Crippen LogP contribution in [0.2, 0.25) is 0 Å². The first-order valence-corrected chi connectivity index (χ1v) is 12.4. The summed E-state index contributed by atoms with van der Waals surface area (Å²) in [6, 6.07) is 0. The van der Waals surface area contributed by atoms with Crippen LogP contribution in [0.3, 0.4) is 0 Å². The number of hydrogen-bond donors (Lipinski definition) is 0. The van der Waals surface area contributed by atoms with Crippen molar-refractivity contribution in [1.29, 1.82) is 0 Å². The molecule has 0 unspecified atom stereocenters. The van der Waals surface area contributed by atoms with E-state index in [1.807, 2.05) is 25.9 Å². The zero-order chi connectivity index (χ0) is 22.0. The summed E-state index contributed by atoms with van der Waals surface area (Å²) >= 11 is 0. The molecule has 0 saturated heterocycles. The van der Waals surface area contributed by atoms with Crippen molar-refractivity contribution in [3.05, 3.63) is 11.4 Å². The molecule has 0 aromatic carbocycles. The number of ether oxygens (including phenoxy) is 2. The van der Waals surface area contributed by atoms with Crippen molar-refractivity contribution in [2.45, 2.75) is 104 Å². The second-order valence-corrected chi connectivity index (χ2v) is 8.53. The molecule has 5 heteroatoms. The molecule has 0 bridgehead atoms. The maximum absolute atomic E-state index is 6.05. The fourth-order valence-electron chi connectivity index (χ4n) is 3.39. The average Bonchev–Trinajstić information content (AvgIpc) is 2.72. The van der Waals surface area contributed by atoms with Gasteiger partial charge in [-0.15, -0.1) is 0 Å². The first kappa shape index (κ1) is 26.7. The van der Waals surface area contributed by atoms with Crippen LogP contribution in [0.25, 0.3) is 0 Å². The fourth-order valence-corrected chi connectivity index (χ4v) is 3.39. The minimum atomic E-state index is 0.749. The van der Waals surface area contributed by atoms with Crippen LogP contribution in [0, 0.1) is 6.92 Å². The van der Waals surface area contributed by atoms with E-state index < -0.39 is 0 Å². The summed E-state index contributed by atoms with van der Waals surface area (Å²) in [5.41, 5.74) is 2.03. The topological polar surface area (TPSA) is 47.5 Å². The molecule has 30 heavy (non-hydrogen) atoms. The van der Waals surface area contributed by atoms with Gasteiger partial charge in [-0.3, -0.25) is 0 Å². The Morgan fingerprint density at radius 3 is 1.90 bits per heavy atom. The number of nitrogens with zero attached hydrogens (tertiary/aromatic N) is 3. The maximum atomic E-state index is 6.05. The van der Waals surface area contributed by atoms with Crippen LogP contribution in [-0.4, -0.2) is 43.9 Å². The molecule has 0 aliphatic carbocycles. The number of hydrogen-bond acceptors (Lipinski definition) is 5. The van der Waals surface area contributed by atoms with Crippen molar-refractivity contribution in [2.24, 2.45) is 0 Å². The van der Waals surface area contributed by atoms with Gasteiger partial charge in [-0.05, 0) is 39.0 Å². The Morgan fingerprint density at radius 2 is 1.27 bits per heavy atom. The lowest BCUT2D eigenvalue weighted by molar-refractivity contribution is 0.127. The van der Waals surface area contributed by atoms with Crippen LogP contribution in [0.5, 0.6) is 5.75 Å². The minimum absolute atomic E-state index is 0.749. The van der Waals surface area contributed by atoms with Gasteiger partial charge in [0.1, 0.15) is 0 Å². The highest BCUT2D eigenvalue weighted by atomic mass is 16.5. The molecule has 0 fully saturated rings. The lowest BCUT2D eigenvalue weighted by Crippen LogP contribution is -2.16. The van der Waals surface area contributed by atoms with Gasteiger partial charge in [-0.25, -0.2) is 9.97 Å². The van der Waals surface area contributed by atoms with E-state index >= 15 is 0 Å². The normalized spacial score (nSPS) is 11.1. The van der Waals surface area contributed by atoms with Crippen LogP contribution in [0.15, 0.2) is 0 Å². The molecule has 0 aliphatic heterocycles. The predicted octanol–water partition coefficient (Wildman–Crippen LogP) is 6.51. The molecule has 1 heterocycles. The predicted molar refractivity (Wildman–Crippen MR) is 128 cm³/mol. The molecule has 0 spiro atoms. The van der Waals surface area contributed by atoms with Gasteiger partial charge in [0.05, 0.1) is 18.0 Å². The molecule has 0 amide bonds. The van der Waals surface area contributed by atoms with Crippen LogP contribution in [0.4, 0.5) is 5.95 Å². The molecule has 174 valence electrons. The van der Waals surface area contributed by atoms with E-state index in [0.717, 1.165) is 62.2 Å². The molecule has 0 saturated carbocycles. The molecule has 5 nitrogen and oxygen atoms in total. The molecule has 1 aromatic heterocycles. The van der Waals surface area contributed by atoms with Crippen molar-refractivity contribution in [1.82, 2.24) is 9.97 Å². The van der Waals surface area contributed by atoms with Crippen molar-refractivity contribution < 1.29 is 9.47 Å². The Hall–Kier alpha value is -1.36. The molecule has 0 atom stereocenters. The van der Waals surface area contributed by atoms with E-state index in [1.54, 1.807) is 0 Å². The van der Waals surface area contributed by atoms with E-state index in [1.165, 1.54) is 64.2 Å². The summed E-state index contributed by atoms with van der Waals surface area (Å²) < 4.78 is 11.7. The van der Waals surface area contributed by atoms with Gasteiger partial charge in [-0.1, -0.05) is 65.2 Å². The highest BCUT2D eigenvalue weighted by molar-refractivity contribution is 5.40. The molecular weight excluding hydrogens is 374 g/mol.